The summed E-state index contributed by atoms with van der Waals surface area (Å²) in [6, 6.07) is 67.1. The SMILES string of the molecule is C[Si](C)(Cl)C1([P+](c2ccccc2)(c2ccccc2)c2ccccc2)CC1.C[Si](C)(Cl)C1([P+](c2ccccc2)(c2ccccc2)c2ccccc2)CC1.[Br-].[Cl-]. The maximum Gasteiger partial charge on any atom is 0.199 e. The topological polar surface area (TPSA) is 0 Å². The minimum Gasteiger partial charge on any atom is -1.00 e. The Morgan fingerprint density at radius 2 is 0.500 bits per heavy atom. The fraction of sp³-hybridized carbons (Fsp3) is 0.217. The van der Waals surface area contributed by atoms with Crippen molar-refractivity contribution in [3.05, 3.63) is 182 Å². The first-order valence-electron chi connectivity index (χ1n) is 18.5. The van der Waals surface area contributed by atoms with Crippen LogP contribution in [0.15, 0.2) is 182 Å². The summed E-state index contributed by atoms with van der Waals surface area (Å²) in [5, 5.41) is 8.81. The molecule has 0 aromatic heterocycles. The monoisotopic (exact) mass is 904 g/mol. The predicted octanol–water partition coefficient (Wildman–Crippen LogP) is 5.00. The molecule has 2 aliphatic carbocycles. The molecular weight excluding hydrogens is 857 g/mol. The Morgan fingerprint density at radius 1 is 0.352 bits per heavy atom. The van der Waals surface area contributed by atoms with Crippen molar-refractivity contribution in [1.82, 2.24) is 0 Å². The van der Waals surface area contributed by atoms with Gasteiger partial charge >= 0.3 is 0 Å². The van der Waals surface area contributed by atoms with Crippen molar-refractivity contribution >= 4 is 83.3 Å². The lowest BCUT2D eigenvalue weighted by Gasteiger charge is -2.40. The first kappa shape index (κ1) is 43.1. The lowest BCUT2D eigenvalue weighted by atomic mass is 10.4. The van der Waals surface area contributed by atoms with E-state index in [2.05, 4.69) is 208 Å². The van der Waals surface area contributed by atoms with Gasteiger partial charge in [0.1, 0.15) is 46.4 Å². The quantitative estimate of drug-likeness (QED) is 0.103. The largest absolute Gasteiger partial charge is 1.00 e. The molecule has 0 atom stereocenters. The third-order valence-electron chi connectivity index (χ3n) is 11.8. The maximum atomic E-state index is 7.29. The first-order chi connectivity index (χ1) is 25.0. The Morgan fingerprint density at radius 3 is 0.611 bits per heavy atom. The second-order valence-corrected chi connectivity index (χ2v) is 37.2. The zero-order chi connectivity index (χ0) is 36.5. The average Bonchev–Trinajstić information content (AvgIpc) is 4.11. The van der Waals surface area contributed by atoms with Crippen molar-refractivity contribution in [3.63, 3.8) is 0 Å². The molecule has 8 heteroatoms. The van der Waals surface area contributed by atoms with E-state index in [-0.39, 0.29) is 38.9 Å². The van der Waals surface area contributed by atoms with Crippen LogP contribution in [0.4, 0.5) is 0 Å². The van der Waals surface area contributed by atoms with E-state index in [1.54, 1.807) is 0 Å². The fourth-order valence-electron chi connectivity index (χ4n) is 9.18. The summed E-state index contributed by atoms with van der Waals surface area (Å²) in [5.74, 6) is 0. The van der Waals surface area contributed by atoms with Gasteiger partial charge in [0, 0.05) is 0 Å². The highest BCUT2D eigenvalue weighted by Gasteiger charge is 2.77. The third kappa shape index (κ3) is 7.32. The van der Waals surface area contributed by atoms with Gasteiger partial charge in [-0.25, -0.2) is 0 Å². The van der Waals surface area contributed by atoms with Crippen molar-refractivity contribution < 1.29 is 29.4 Å². The van der Waals surface area contributed by atoms with E-state index < -0.39 is 29.3 Å². The summed E-state index contributed by atoms with van der Waals surface area (Å²) in [5.41, 5.74) is 0. The summed E-state index contributed by atoms with van der Waals surface area (Å²) in [4.78, 5) is 0. The van der Waals surface area contributed by atoms with Gasteiger partial charge in [0.05, 0.1) is 9.56 Å². The van der Waals surface area contributed by atoms with Gasteiger partial charge in [0.2, 0.25) is 0 Å². The van der Waals surface area contributed by atoms with Crippen LogP contribution in [0.3, 0.4) is 0 Å². The van der Waals surface area contributed by atoms with Gasteiger partial charge in [-0.15, -0.1) is 0 Å². The summed E-state index contributed by atoms with van der Waals surface area (Å²) in [7, 11) is -7.55. The second kappa shape index (κ2) is 17.2. The van der Waals surface area contributed by atoms with E-state index in [0.29, 0.717) is 0 Å². The second-order valence-electron chi connectivity index (χ2n) is 15.4. The van der Waals surface area contributed by atoms with Crippen molar-refractivity contribution in [3.8, 4) is 0 Å². The lowest BCUT2D eigenvalue weighted by Crippen LogP contribution is -3.00. The van der Waals surface area contributed by atoms with Gasteiger partial charge in [0.15, 0.2) is 14.8 Å². The molecule has 0 N–H and O–H groups in total. The number of benzene rings is 6. The molecule has 0 spiro atoms. The van der Waals surface area contributed by atoms with Crippen LogP contribution in [0.1, 0.15) is 25.7 Å². The van der Waals surface area contributed by atoms with Gasteiger partial charge in [-0.3, -0.25) is 0 Å². The molecule has 0 unspecified atom stereocenters. The lowest BCUT2D eigenvalue weighted by molar-refractivity contribution is -0.001000. The molecule has 0 bridgehead atoms. The maximum absolute atomic E-state index is 7.29. The van der Waals surface area contributed by atoms with Crippen molar-refractivity contribution in [2.45, 2.75) is 61.4 Å². The van der Waals surface area contributed by atoms with Crippen molar-refractivity contribution in [1.29, 1.82) is 0 Å². The molecule has 0 amide bonds. The zero-order valence-corrected chi connectivity index (χ0v) is 39.2. The van der Waals surface area contributed by atoms with Gasteiger partial charge in [-0.1, -0.05) is 135 Å². The van der Waals surface area contributed by atoms with E-state index in [1.807, 2.05) is 0 Å². The minimum atomic E-state index is -1.94. The number of rotatable bonds is 10. The normalized spacial score (nSPS) is 15.7. The molecule has 0 aliphatic heterocycles. The molecule has 6 aromatic carbocycles. The Balaban J connectivity index is 0.000000200. The third-order valence-corrected chi connectivity index (χ3v) is 35.5. The highest BCUT2D eigenvalue weighted by atomic mass is 79.9. The molecule has 0 saturated heterocycles. The van der Waals surface area contributed by atoms with Crippen LogP contribution in [0, 0.1) is 0 Å². The predicted molar refractivity (Wildman–Crippen MR) is 241 cm³/mol. The number of hydrogen-bond acceptors (Lipinski definition) is 0. The van der Waals surface area contributed by atoms with Crippen LogP contribution in [0.5, 0.6) is 0 Å². The molecule has 0 nitrogen and oxygen atoms in total. The summed E-state index contributed by atoms with van der Waals surface area (Å²) < 4.78 is 0.456. The Hall–Kier alpha value is -2.04. The van der Waals surface area contributed by atoms with Gasteiger partial charge < -0.3 is 29.4 Å². The van der Waals surface area contributed by atoms with E-state index in [9.17, 15) is 0 Å². The van der Waals surface area contributed by atoms with Crippen LogP contribution in [0.25, 0.3) is 0 Å². The molecular formula is C46H50BrCl3P2Si2. The molecule has 2 aliphatic rings. The molecule has 2 saturated carbocycles. The molecule has 0 radical (unpaired) electrons. The number of halogens is 4. The molecule has 8 rings (SSSR count). The minimum absolute atomic E-state index is 0. The Kier molecular flexibility index (Phi) is 13.7. The summed E-state index contributed by atoms with van der Waals surface area (Å²) in [6.07, 6.45) is 4.95. The number of hydrogen-bond donors (Lipinski definition) is 0. The molecule has 280 valence electrons. The van der Waals surface area contributed by atoms with Crippen LogP contribution in [-0.4, -0.2) is 24.3 Å². The van der Waals surface area contributed by atoms with Crippen LogP contribution < -0.4 is 61.2 Å². The zero-order valence-electron chi connectivity index (χ0n) is 31.6. The highest BCUT2D eigenvalue weighted by molar-refractivity contribution is 8.00. The van der Waals surface area contributed by atoms with Crippen LogP contribution in [-0.2, 0) is 0 Å². The van der Waals surface area contributed by atoms with Gasteiger partial charge in [-0.2, -0.15) is 22.2 Å². The van der Waals surface area contributed by atoms with Gasteiger partial charge in [-0.05, 0) is 98.5 Å². The van der Waals surface area contributed by atoms with Crippen molar-refractivity contribution in [2.24, 2.45) is 0 Å². The van der Waals surface area contributed by atoms with E-state index in [4.69, 9.17) is 22.2 Å². The van der Waals surface area contributed by atoms with Crippen molar-refractivity contribution in [2.75, 3.05) is 0 Å². The summed E-state index contributed by atoms with van der Waals surface area (Å²) in [6.45, 7) is 9.41. The Labute approximate surface area is 353 Å². The molecule has 0 heterocycles. The highest BCUT2D eigenvalue weighted by Crippen LogP contribution is 2.80. The molecule has 6 aromatic rings. The van der Waals surface area contributed by atoms with Gasteiger partial charge in [0.25, 0.3) is 0 Å². The first-order valence-corrected chi connectivity index (χ1v) is 30.1. The van der Waals surface area contributed by atoms with E-state index in [1.165, 1.54) is 57.5 Å². The van der Waals surface area contributed by atoms with E-state index >= 15 is 0 Å². The van der Waals surface area contributed by atoms with E-state index in [0.717, 1.165) is 0 Å². The molecule has 2 fully saturated rings. The van der Waals surface area contributed by atoms with Crippen LogP contribution >= 0.6 is 36.7 Å². The standard InChI is InChI=1S/2C23H25ClPSi.BrH.ClH/c2*1-26(2,24)23(18-19-23)25(20-12-6-3-7-13-20,21-14-8-4-9-15-21)22-16-10-5-11-17-22;;/h2*3-17H,18-19H2,1-2H3;2*1H/q2*+1;;/p-2. The smallest absolute Gasteiger partial charge is 0.199 e. The van der Waals surface area contributed by atoms with Crippen LogP contribution in [0.2, 0.25) is 26.2 Å². The molecule has 54 heavy (non-hydrogen) atoms. The Bertz CT molecular complexity index is 1710. The average molecular weight is 907 g/mol. The fourth-order valence-corrected chi connectivity index (χ4v) is 34.0. The summed E-state index contributed by atoms with van der Waals surface area (Å²) >= 11 is 14.6.